The summed E-state index contributed by atoms with van der Waals surface area (Å²) in [6.45, 7) is 1.23. The smallest absolute Gasteiger partial charge is 0.219 e. The van der Waals surface area contributed by atoms with Gasteiger partial charge in [-0.05, 0) is 11.1 Å². The first-order chi connectivity index (χ1) is 16.1. The fourth-order valence-corrected chi connectivity index (χ4v) is 4.12. The van der Waals surface area contributed by atoms with Gasteiger partial charge in [-0.2, -0.15) is 0 Å². The summed E-state index contributed by atoms with van der Waals surface area (Å²) in [6, 6.07) is 19.5. The van der Waals surface area contributed by atoms with E-state index in [2.05, 4.69) is 9.98 Å². The van der Waals surface area contributed by atoms with Crippen LogP contribution in [-0.4, -0.2) is 61.4 Å². The Bertz CT molecular complexity index is 1200. The van der Waals surface area contributed by atoms with E-state index in [0.29, 0.717) is 24.0 Å². The molecule has 2 aliphatic heterocycles. The molecule has 0 bridgehead atoms. The zero-order valence-electron chi connectivity index (χ0n) is 17.9. The highest BCUT2D eigenvalue weighted by Gasteiger charge is 2.44. The van der Waals surface area contributed by atoms with Crippen LogP contribution in [0.2, 0.25) is 0 Å². The number of fused-ring (bicyclic) bond motifs is 1. The molecule has 0 aliphatic carbocycles. The van der Waals surface area contributed by atoms with Gasteiger partial charge in [-0.25, -0.2) is 9.98 Å². The van der Waals surface area contributed by atoms with Crippen molar-refractivity contribution >= 4 is 5.88 Å². The Kier molecular flexibility index (Phi) is 6.10. The number of hydrogen-bond donors (Lipinski definition) is 3. The van der Waals surface area contributed by atoms with Crippen LogP contribution in [0.25, 0.3) is 5.88 Å². The molecule has 0 radical (unpaired) electrons. The average Bonchev–Trinajstić information content (AvgIpc) is 3.39. The molecule has 1 saturated heterocycles. The normalized spacial score (nSPS) is 24.5. The fourth-order valence-electron chi connectivity index (χ4n) is 4.12. The molecule has 172 valence electrons. The van der Waals surface area contributed by atoms with Crippen molar-refractivity contribution in [2.45, 2.75) is 37.7 Å². The Morgan fingerprint density at radius 2 is 1.67 bits per heavy atom. The first-order valence-electron chi connectivity index (χ1n) is 10.8. The van der Waals surface area contributed by atoms with E-state index in [9.17, 15) is 15.3 Å². The number of nitrogens with zero attached hydrogens (tertiary/aromatic N) is 4. The van der Waals surface area contributed by atoms with E-state index in [1.807, 2.05) is 60.7 Å². The van der Waals surface area contributed by atoms with E-state index in [0.717, 1.165) is 11.1 Å². The number of aromatic nitrogens is 2. The number of hydrogen-bond acceptors (Lipinski definition) is 8. The minimum atomic E-state index is -1.19. The molecule has 3 N–H and O–H groups in total. The lowest BCUT2D eigenvalue weighted by Gasteiger charge is -2.23. The SMILES string of the molecule is OC1=c2ncn([C@@H]3O[C@H](COCc4ccccc4)[C@@H](O)[C@H]3O)c2=NCN1Cc1ccccc1. The van der Waals surface area contributed by atoms with Crippen molar-refractivity contribution in [2.75, 3.05) is 13.3 Å². The van der Waals surface area contributed by atoms with E-state index in [4.69, 9.17) is 9.47 Å². The highest BCUT2D eigenvalue weighted by Crippen LogP contribution is 2.28. The van der Waals surface area contributed by atoms with E-state index in [1.54, 1.807) is 9.47 Å². The lowest BCUT2D eigenvalue weighted by atomic mass is 10.1. The van der Waals surface area contributed by atoms with Gasteiger partial charge in [0.1, 0.15) is 25.0 Å². The molecule has 3 heterocycles. The molecular weight excluding hydrogens is 424 g/mol. The lowest BCUT2D eigenvalue weighted by molar-refractivity contribution is -0.0708. The van der Waals surface area contributed by atoms with Gasteiger partial charge in [-0.3, -0.25) is 4.57 Å². The Hall–Kier alpha value is -3.24. The maximum Gasteiger partial charge on any atom is 0.219 e. The molecule has 4 atom stereocenters. The number of aliphatic hydroxyl groups is 3. The molecule has 1 aromatic heterocycles. The lowest BCUT2D eigenvalue weighted by Crippen LogP contribution is -2.44. The maximum absolute atomic E-state index is 10.8. The summed E-state index contributed by atoms with van der Waals surface area (Å²) in [5.41, 5.74) is 2.45. The third kappa shape index (κ3) is 4.36. The summed E-state index contributed by atoms with van der Waals surface area (Å²) in [7, 11) is 0. The number of benzene rings is 2. The molecule has 9 heteroatoms. The van der Waals surface area contributed by atoms with Crippen LogP contribution in [0.4, 0.5) is 0 Å². The predicted octanol–water partition coefficient (Wildman–Crippen LogP) is 0.436. The van der Waals surface area contributed by atoms with Crippen molar-refractivity contribution in [3.05, 3.63) is 89.0 Å². The highest BCUT2D eigenvalue weighted by atomic mass is 16.6. The summed E-state index contributed by atoms with van der Waals surface area (Å²) in [5, 5.41) is 32.2. The van der Waals surface area contributed by atoms with Gasteiger partial charge >= 0.3 is 0 Å². The van der Waals surface area contributed by atoms with Crippen molar-refractivity contribution in [1.82, 2.24) is 14.5 Å². The van der Waals surface area contributed by atoms with Crippen LogP contribution in [0.1, 0.15) is 17.4 Å². The van der Waals surface area contributed by atoms with Gasteiger partial charge in [0.15, 0.2) is 17.1 Å². The molecule has 5 rings (SSSR count). The van der Waals surface area contributed by atoms with Crippen LogP contribution in [0.5, 0.6) is 0 Å². The molecule has 0 unspecified atom stereocenters. The summed E-state index contributed by atoms with van der Waals surface area (Å²) < 4.78 is 13.2. The molecule has 1 fully saturated rings. The molecule has 0 amide bonds. The minimum Gasteiger partial charge on any atom is -0.493 e. The summed E-state index contributed by atoms with van der Waals surface area (Å²) in [5.74, 6) is 0.0124. The van der Waals surface area contributed by atoms with Crippen LogP contribution < -0.4 is 10.8 Å². The summed E-state index contributed by atoms with van der Waals surface area (Å²) in [4.78, 5) is 10.6. The standard InChI is InChI=1S/C24H26N4O5/c29-20-18(13-32-12-17-9-5-2-6-10-17)33-24(21(20)30)28-15-25-19-22(28)26-14-27(23(19)31)11-16-7-3-1-4-8-16/h1-10,15,18,20-21,24,29-31H,11-14H2/t18-,20-,21-,24-/m1/s1. The second kappa shape index (κ2) is 9.32. The number of ether oxygens (including phenoxy) is 2. The zero-order valence-corrected chi connectivity index (χ0v) is 17.9. The molecular formula is C24H26N4O5. The summed E-state index contributed by atoms with van der Waals surface area (Å²) >= 11 is 0. The maximum atomic E-state index is 10.8. The fraction of sp³-hybridized carbons (Fsp3) is 0.333. The Morgan fingerprint density at radius 1 is 0.970 bits per heavy atom. The van der Waals surface area contributed by atoms with Crippen LogP contribution >= 0.6 is 0 Å². The monoisotopic (exact) mass is 450 g/mol. The quantitative estimate of drug-likeness (QED) is 0.479. The molecule has 33 heavy (non-hydrogen) atoms. The van der Waals surface area contributed by atoms with E-state index >= 15 is 0 Å². The van der Waals surface area contributed by atoms with E-state index in [1.165, 1.54) is 6.33 Å². The Balaban J connectivity index is 1.30. The number of rotatable bonds is 7. The van der Waals surface area contributed by atoms with Crippen LogP contribution in [0.3, 0.4) is 0 Å². The third-order valence-corrected chi connectivity index (χ3v) is 5.89. The van der Waals surface area contributed by atoms with Gasteiger partial charge < -0.3 is 29.7 Å². The van der Waals surface area contributed by atoms with Crippen molar-refractivity contribution in [3.8, 4) is 0 Å². The Morgan fingerprint density at radius 3 is 2.39 bits per heavy atom. The molecule has 0 spiro atoms. The minimum absolute atomic E-state index is 0.0124. The second-order valence-electron chi connectivity index (χ2n) is 8.18. The third-order valence-electron chi connectivity index (χ3n) is 5.89. The molecule has 2 aromatic carbocycles. The topological polar surface area (TPSA) is 113 Å². The molecule has 9 nitrogen and oxygen atoms in total. The highest BCUT2D eigenvalue weighted by molar-refractivity contribution is 5.31. The van der Waals surface area contributed by atoms with Crippen LogP contribution in [-0.2, 0) is 22.6 Å². The van der Waals surface area contributed by atoms with Crippen molar-refractivity contribution in [2.24, 2.45) is 4.99 Å². The van der Waals surface area contributed by atoms with Gasteiger partial charge in [0.05, 0.1) is 19.5 Å². The van der Waals surface area contributed by atoms with Crippen molar-refractivity contribution in [1.29, 1.82) is 0 Å². The van der Waals surface area contributed by atoms with Gasteiger partial charge in [0, 0.05) is 6.54 Å². The average molecular weight is 450 g/mol. The van der Waals surface area contributed by atoms with Crippen molar-refractivity contribution in [3.63, 3.8) is 0 Å². The first kappa shape index (κ1) is 21.6. The van der Waals surface area contributed by atoms with Crippen LogP contribution in [0.15, 0.2) is 72.0 Å². The van der Waals surface area contributed by atoms with Crippen molar-refractivity contribution < 1.29 is 24.8 Å². The summed E-state index contributed by atoms with van der Waals surface area (Å²) in [6.07, 6.45) is -2.45. The predicted molar refractivity (Wildman–Crippen MR) is 118 cm³/mol. The Labute approximate surface area is 190 Å². The van der Waals surface area contributed by atoms with Gasteiger partial charge in [0.25, 0.3) is 0 Å². The second-order valence-corrected chi connectivity index (χ2v) is 8.18. The van der Waals surface area contributed by atoms with Crippen LogP contribution in [0, 0.1) is 0 Å². The molecule has 0 saturated carbocycles. The van der Waals surface area contributed by atoms with E-state index < -0.39 is 24.5 Å². The van der Waals surface area contributed by atoms with E-state index in [-0.39, 0.29) is 19.2 Å². The zero-order chi connectivity index (χ0) is 22.8. The van der Waals surface area contributed by atoms with Gasteiger partial charge in [-0.15, -0.1) is 0 Å². The number of imidazole rings is 1. The van der Waals surface area contributed by atoms with Gasteiger partial charge in [0.2, 0.25) is 5.88 Å². The largest absolute Gasteiger partial charge is 0.493 e. The van der Waals surface area contributed by atoms with Gasteiger partial charge in [-0.1, -0.05) is 60.7 Å². The molecule has 2 aliphatic rings. The molecule has 3 aromatic rings. The number of aliphatic hydroxyl groups excluding tert-OH is 3. The first-order valence-corrected chi connectivity index (χ1v) is 10.8.